The monoisotopic (exact) mass is 380 g/mol. The molecule has 0 aromatic heterocycles. The Morgan fingerprint density at radius 2 is 0.909 bits per heavy atom. The van der Waals surface area contributed by atoms with Gasteiger partial charge >= 0.3 is 0 Å². The van der Waals surface area contributed by atoms with E-state index in [0.717, 1.165) is 37.6 Å². The van der Waals surface area contributed by atoms with Crippen molar-refractivity contribution in [1.29, 1.82) is 0 Å². The van der Waals surface area contributed by atoms with E-state index in [1.54, 1.807) is 0 Å². The van der Waals surface area contributed by atoms with Crippen LogP contribution >= 0.6 is 46.4 Å². The molecule has 0 N–H and O–H groups in total. The second-order valence-electron chi connectivity index (χ2n) is 6.05. The van der Waals surface area contributed by atoms with Crippen molar-refractivity contribution in [2.75, 3.05) is 26.2 Å². The molecule has 0 bridgehead atoms. The maximum absolute atomic E-state index is 6.48. The summed E-state index contributed by atoms with van der Waals surface area (Å²) >= 11 is 25.4. The highest BCUT2D eigenvalue weighted by Gasteiger charge is 2.33. The van der Waals surface area contributed by atoms with E-state index in [4.69, 9.17) is 46.4 Å². The lowest BCUT2D eigenvalue weighted by Crippen LogP contribution is -2.41. The molecule has 2 fully saturated rings. The zero-order chi connectivity index (χ0) is 15.7. The topological polar surface area (TPSA) is 6.48 Å². The van der Waals surface area contributed by atoms with Gasteiger partial charge in [0.1, 0.15) is 5.82 Å². The molecule has 6 heteroatoms. The molecule has 2 heterocycles. The molecule has 0 spiro atoms. The first-order chi connectivity index (χ1) is 10.6. The Kier molecular flexibility index (Phi) is 5.55. The zero-order valence-electron chi connectivity index (χ0n) is 12.5. The molecule has 0 saturated carbocycles. The average molecular weight is 382 g/mol. The van der Waals surface area contributed by atoms with E-state index in [9.17, 15) is 0 Å². The van der Waals surface area contributed by atoms with Gasteiger partial charge in [0.25, 0.3) is 0 Å². The predicted octanol–water partition coefficient (Wildman–Crippen LogP) is 5.56. The van der Waals surface area contributed by atoms with Crippen LogP contribution in [0.1, 0.15) is 38.5 Å². The predicted molar refractivity (Wildman–Crippen MR) is 95.3 cm³/mol. The van der Waals surface area contributed by atoms with Crippen LogP contribution in [0.25, 0.3) is 0 Å². The molecule has 0 atom stereocenters. The number of likely N-dealkylation sites (tertiary alicyclic amines) is 2. The zero-order valence-corrected chi connectivity index (χ0v) is 15.5. The van der Waals surface area contributed by atoms with Crippen LogP contribution in [0.2, 0.25) is 0 Å². The van der Waals surface area contributed by atoms with E-state index in [1.165, 1.54) is 38.5 Å². The van der Waals surface area contributed by atoms with Gasteiger partial charge in [-0.3, -0.25) is 0 Å². The van der Waals surface area contributed by atoms with Gasteiger partial charge in [0.15, 0.2) is 0 Å². The van der Waals surface area contributed by atoms with Crippen molar-refractivity contribution in [1.82, 2.24) is 9.80 Å². The lowest BCUT2D eigenvalue weighted by molar-refractivity contribution is 0.164. The molecule has 122 valence electrons. The van der Waals surface area contributed by atoms with Crippen molar-refractivity contribution >= 4 is 46.4 Å². The van der Waals surface area contributed by atoms with Crippen LogP contribution in [0.5, 0.6) is 0 Å². The fraction of sp³-hybridized carbons (Fsp3) is 0.625. The standard InChI is InChI=1S/C16H20Cl4N2/c17-12-11(13(18)15(20)14(12)19)16(21-7-3-1-4-8-21)22-9-5-2-6-10-22/h1-10H2. The number of hydrogen-bond donors (Lipinski definition) is 0. The van der Waals surface area contributed by atoms with Gasteiger partial charge in [0.05, 0.1) is 25.7 Å². The third-order valence-corrected chi connectivity index (χ3v) is 6.35. The minimum absolute atomic E-state index is 0.370. The summed E-state index contributed by atoms with van der Waals surface area (Å²) in [4.78, 5) is 4.82. The molecule has 2 nitrogen and oxygen atoms in total. The molecule has 0 radical (unpaired) electrons. The SMILES string of the molecule is ClC1=C(Cl)C(=C(N2CCCCC2)N2CCCCC2)C(Cl)=C1Cl. The van der Waals surface area contributed by atoms with Gasteiger partial charge in [-0.1, -0.05) is 46.4 Å². The fourth-order valence-corrected chi connectivity index (χ4v) is 4.50. The minimum atomic E-state index is 0.370. The molecular formula is C16H20Cl4N2. The first kappa shape index (κ1) is 16.8. The normalized spacial score (nSPS) is 23.7. The van der Waals surface area contributed by atoms with Crippen molar-refractivity contribution in [2.45, 2.75) is 38.5 Å². The summed E-state index contributed by atoms with van der Waals surface area (Å²) in [5, 5.41) is 1.72. The van der Waals surface area contributed by atoms with Gasteiger partial charge in [0, 0.05) is 26.2 Å². The second-order valence-corrected chi connectivity index (χ2v) is 7.56. The van der Waals surface area contributed by atoms with Crippen LogP contribution in [-0.2, 0) is 0 Å². The first-order valence-corrected chi connectivity index (χ1v) is 9.48. The molecule has 22 heavy (non-hydrogen) atoms. The number of halogens is 4. The second kappa shape index (κ2) is 7.25. The smallest absolute Gasteiger partial charge is 0.115 e. The molecule has 2 aliphatic heterocycles. The van der Waals surface area contributed by atoms with E-state index in [1.807, 2.05) is 0 Å². The number of rotatable bonds is 2. The molecule has 2 saturated heterocycles. The first-order valence-electron chi connectivity index (χ1n) is 7.97. The van der Waals surface area contributed by atoms with E-state index >= 15 is 0 Å². The Morgan fingerprint density at radius 1 is 0.545 bits per heavy atom. The van der Waals surface area contributed by atoms with Crippen molar-refractivity contribution in [3.05, 3.63) is 31.5 Å². The molecule has 3 rings (SSSR count). The number of nitrogens with zero attached hydrogens (tertiary/aromatic N) is 2. The highest BCUT2D eigenvalue weighted by Crippen LogP contribution is 2.47. The van der Waals surface area contributed by atoms with Gasteiger partial charge in [-0.25, -0.2) is 0 Å². The maximum atomic E-state index is 6.48. The van der Waals surface area contributed by atoms with Gasteiger partial charge in [0.2, 0.25) is 0 Å². The lowest BCUT2D eigenvalue weighted by atomic mass is 10.1. The number of hydrogen-bond acceptors (Lipinski definition) is 2. The maximum Gasteiger partial charge on any atom is 0.115 e. The molecule has 0 unspecified atom stereocenters. The third-order valence-electron chi connectivity index (χ3n) is 4.55. The van der Waals surface area contributed by atoms with Gasteiger partial charge < -0.3 is 9.80 Å². The molecule has 0 aromatic carbocycles. The van der Waals surface area contributed by atoms with Crippen LogP contribution in [0.3, 0.4) is 0 Å². The van der Waals surface area contributed by atoms with E-state index in [0.29, 0.717) is 20.1 Å². The Balaban J connectivity index is 2.06. The molecular weight excluding hydrogens is 362 g/mol. The van der Waals surface area contributed by atoms with Gasteiger partial charge in [-0.15, -0.1) is 0 Å². The van der Waals surface area contributed by atoms with E-state index in [2.05, 4.69) is 9.80 Å². The largest absolute Gasteiger partial charge is 0.358 e. The van der Waals surface area contributed by atoms with E-state index in [-0.39, 0.29) is 0 Å². The number of allylic oxidation sites excluding steroid dienone is 5. The van der Waals surface area contributed by atoms with Crippen LogP contribution < -0.4 is 0 Å². The highest BCUT2D eigenvalue weighted by atomic mass is 35.5. The van der Waals surface area contributed by atoms with Gasteiger partial charge in [-0.2, -0.15) is 0 Å². The Labute approximate surface area is 152 Å². The third kappa shape index (κ3) is 3.13. The van der Waals surface area contributed by atoms with Crippen molar-refractivity contribution in [3.8, 4) is 0 Å². The molecule has 1 aliphatic carbocycles. The molecule has 0 amide bonds. The van der Waals surface area contributed by atoms with Crippen LogP contribution in [0, 0.1) is 0 Å². The highest BCUT2D eigenvalue weighted by molar-refractivity contribution is 6.55. The Hall–Kier alpha value is -0.0200. The van der Waals surface area contributed by atoms with Crippen LogP contribution in [-0.4, -0.2) is 36.0 Å². The summed E-state index contributed by atoms with van der Waals surface area (Å²) in [5.41, 5.74) is 0.821. The summed E-state index contributed by atoms with van der Waals surface area (Å²) in [6, 6.07) is 0. The average Bonchev–Trinajstić information content (AvgIpc) is 2.75. The summed E-state index contributed by atoms with van der Waals surface area (Å²) in [6.45, 7) is 4.16. The van der Waals surface area contributed by atoms with E-state index < -0.39 is 0 Å². The van der Waals surface area contributed by atoms with Crippen molar-refractivity contribution in [3.63, 3.8) is 0 Å². The quantitative estimate of drug-likeness (QED) is 0.617. The number of piperidine rings is 2. The molecule has 3 aliphatic rings. The summed E-state index contributed by atoms with van der Waals surface area (Å²) < 4.78 is 0. The summed E-state index contributed by atoms with van der Waals surface area (Å²) in [5.74, 6) is 1.13. The fourth-order valence-electron chi connectivity index (χ4n) is 3.43. The minimum Gasteiger partial charge on any atom is -0.358 e. The summed E-state index contributed by atoms with van der Waals surface area (Å²) in [7, 11) is 0. The van der Waals surface area contributed by atoms with Gasteiger partial charge in [-0.05, 0) is 38.5 Å². The molecule has 0 aromatic rings. The summed E-state index contributed by atoms with van der Waals surface area (Å²) in [6.07, 6.45) is 7.38. The van der Waals surface area contributed by atoms with Crippen LogP contribution in [0.4, 0.5) is 0 Å². The van der Waals surface area contributed by atoms with Crippen molar-refractivity contribution in [2.24, 2.45) is 0 Å². The lowest BCUT2D eigenvalue weighted by Gasteiger charge is -2.41. The van der Waals surface area contributed by atoms with Crippen molar-refractivity contribution < 1.29 is 0 Å². The Bertz CT molecular complexity index is 492. The van der Waals surface area contributed by atoms with Crippen LogP contribution in [0.15, 0.2) is 31.5 Å². The Morgan fingerprint density at radius 3 is 1.27 bits per heavy atom.